The molecule has 1 heterocycles. The Morgan fingerprint density at radius 3 is 2.12 bits per heavy atom. The second kappa shape index (κ2) is 8.84. The molecule has 10 heteroatoms. The highest BCUT2D eigenvalue weighted by Gasteiger charge is 2.41. The zero-order chi connectivity index (χ0) is 22.9. The molecule has 1 saturated heterocycles. The summed E-state index contributed by atoms with van der Waals surface area (Å²) in [4.78, 5) is 14.1. The van der Waals surface area contributed by atoms with Gasteiger partial charge in [0.15, 0.2) is 0 Å². The van der Waals surface area contributed by atoms with E-state index in [9.17, 15) is 26.4 Å². The van der Waals surface area contributed by atoms with E-state index >= 15 is 0 Å². The zero-order valence-electron chi connectivity index (χ0n) is 17.3. The van der Waals surface area contributed by atoms with Crippen LogP contribution in [0.15, 0.2) is 59.5 Å². The molecule has 0 aromatic heterocycles. The number of benzene rings is 2. The van der Waals surface area contributed by atoms with E-state index in [-0.39, 0.29) is 38.1 Å². The minimum absolute atomic E-state index is 0.00539. The van der Waals surface area contributed by atoms with E-state index in [0.29, 0.717) is 0 Å². The molecule has 1 aliphatic heterocycles. The molecule has 1 N–H and O–H groups in total. The molecule has 1 atom stereocenters. The number of sulfonamides is 1. The number of hydrogen-bond acceptors (Lipinski definition) is 4. The van der Waals surface area contributed by atoms with Gasteiger partial charge in [0.1, 0.15) is 6.04 Å². The molecule has 1 amide bonds. The number of amides is 1. The summed E-state index contributed by atoms with van der Waals surface area (Å²) < 4.78 is 67.2. The molecule has 0 spiro atoms. The topological polar surface area (TPSA) is 69.7 Å². The highest BCUT2D eigenvalue weighted by molar-refractivity contribution is 7.89. The summed E-state index contributed by atoms with van der Waals surface area (Å²) in [6, 6.07) is 13.0. The molecule has 1 unspecified atom stereocenters. The van der Waals surface area contributed by atoms with Crippen molar-refractivity contribution >= 4 is 15.9 Å². The van der Waals surface area contributed by atoms with Crippen LogP contribution in [-0.2, 0) is 21.0 Å². The quantitative estimate of drug-likeness (QED) is 0.709. The lowest BCUT2D eigenvalue weighted by Gasteiger charge is -2.38. The number of hydrogen-bond donors (Lipinski definition) is 1. The number of nitrogens with one attached hydrogen (secondary N) is 1. The monoisotopic (exact) mass is 467 g/mol. The van der Waals surface area contributed by atoms with Crippen LogP contribution in [0.3, 0.4) is 0 Å². The first-order valence-corrected chi connectivity index (χ1v) is 11.9. The Balaban J connectivity index is 1.53. The van der Waals surface area contributed by atoms with E-state index in [1.165, 1.54) is 12.1 Å². The average molecular weight is 468 g/mol. The molecular formula is C22H24F3N3O3S. The normalized spacial score (nSPS) is 19.5. The third-order valence-electron chi connectivity index (χ3n) is 5.74. The van der Waals surface area contributed by atoms with Gasteiger partial charge in [-0.25, -0.2) is 8.42 Å². The van der Waals surface area contributed by atoms with Gasteiger partial charge >= 0.3 is 6.18 Å². The van der Waals surface area contributed by atoms with Crippen molar-refractivity contribution in [3.8, 4) is 0 Å². The van der Waals surface area contributed by atoms with E-state index in [4.69, 9.17) is 0 Å². The van der Waals surface area contributed by atoms with Gasteiger partial charge in [-0.15, -0.1) is 0 Å². The van der Waals surface area contributed by atoms with Gasteiger partial charge in [-0.1, -0.05) is 42.5 Å². The Morgan fingerprint density at radius 2 is 1.53 bits per heavy atom. The van der Waals surface area contributed by atoms with Gasteiger partial charge in [0.2, 0.25) is 15.9 Å². The van der Waals surface area contributed by atoms with Crippen molar-refractivity contribution < 1.29 is 26.4 Å². The molecule has 32 heavy (non-hydrogen) atoms. The van der Waals surface area contributed by atoms with Crippen LogP contribution in [-0.4, -0.2) is 55.8 Å². The largest absolute Gasteiger partial charge is 0.417 e. The van der Waals surface area contributed by atoms with Crippen LogP contribution in [0.5, 0.6) is 0 Å². The fourth-order valence-electron chi connectivity index (χ4n) is 3.94. The number of carbonyl (C=O) groups is 1. The van der Waals surface area contributed by atoms with E-state index < -0.39 is 32.7 Å². The van der Waals surface area contributed by atoms with Crippen molar-refractivity contribution in [3.63, 3.8) is 0 Å². The third-order valence-corrected chi connectivity index (χ3v) is 7.69. The van der Waals surface area contributed by atoms with Crippen LogP contribution in [0.1, 0.15) is 30.0 Å². The SMILES string of the molecule is O=C(NC1CC1)C(c1ccccc1)N1CCN(S(=O)(=O)c2ccccc2C(F)(F)F)CC1. The van der Waals surface area contributed by atoms with Crippen LogP contribution in [0.25, 0.3) is 0 Å². The summed E-state index contributed by atoms with van der Waals surface area (Å²) in [7, 11) is -4.33. The Morgan fingerprint density at radius 1 is 0.938 bits per heavy atom. The standard InChI is InChI=1S/C22H24F3N3O3S/c23-22(24,25)18-8-4-5-9-19(18)32(30,31)28-14-12-27(13-15-28)20(16-6-2-1-3-7-16)21(29)26-17-10-11-17/h1-9,17,20H,10-15H2,(H,26,29). The summed E-state index contributed by atoms with van der Waals surface area (Å²) >= 11 is 0. The number of alkyl halides is 3. The molecule has 4 rings (SSSR count). The van der Waals surface area contributed by atoms with Gasteiger partial charge in [0, 0.05) is 32.2 Å². The minimum atomic E-state index is -4.77. The summed E-state index contributed by atoms with van der Waals surface area (Å²) in [5.41, 5.74) is -0.377. The van der Waals surface area contributed by atoms with Crippen molar-refractivity contribution in [1.82, 2.24) is 14.5 Å². The third kappa shape index (κ3) is 4.82. The highest BCUT2D eigenvalue weighted by Crippen LogP contribution is 2.35. The van der Waals surface area contributed by atoms with Gasteiger partial charge in [0.05, 0.1) is 10.5 Å². The summed E-state index contributed by atoms with van der Waals surface area (Å²) in [5.74, 6) is -0.141. The van der Waals surface area contributed by atoms with Crippen LogP contribution in [0.4, 0.5) is 13.2 Å². The molecule has 2 fully saturated rings. The summed E-state index contributed by atoms with van der Waals surface area (Å²) in [6.45, 7) is 0.444. The second-order valence-electron chi connectivity index (χ2n) is 8.03. The van der Waals surface area contributed by atoms with E-state index in [0.717, 1.165) is 34.8 Å². The summed E-state index contributed by atoms with van der Waals surface area (Å²) in [6.07, 6.45) is -2.89. The molecule has 2 aromatic rings. The van der Waals surface area contributed by atoms with Crippen molar-refractivity contribution in [2.75, 3.05) is 26.2 Å². The molecule has 1 saturated carbocycles. The number of carbonyl (C=O) groups excluding carboxylic acids is 1. The number of piperazine rings is 1. The predicted molar refractivity (Wildman–Crippen MR) is 112 cm³/mol. The molecule has 1 aliphatic carbocycles. The molecule has 2 aromatic carbocycles. The van der Waals surface area contributed by atoms with E-state index in [1.54, 1.807) is 0 Å². The first-order valence-electron chi connectivity index (χ1n) is 10.4. The van der Waals surface area contributed by atoms with Gasteiger partial charge < -0.3 is 5.32 Å². The number of rotatable bonds is 6. The minimum Gasteiger partial charge on any atom is -0.352 e. The fraction of sp³-hybridized carbons (Fsp3) is 0.409. The first kappa shape index (κ1) is 22.8. The molecule has 0 bridgehead atoms. The molecular weight excluding hydrogens is 443 g/mol. The molecule has 2 aliphatic rings. The fourth-order valence-corrected chi connectivity index (χ4v) is 5.57. The Kier molecular flexibility index (Phi) is 6.28. The Labute approximate surface area is 185 Å². The lowest BCUT2D eigenvalue weighted by atomic mass is 10.0. The van der Waals surface area contributed by atoms with Gasteiger partial charge in [0.25, 0.3) is 0 Å². The van der Waals surface area contributed by atoms with Gasteiger partial charge in [-0.05, 0) is 30.5 Å². The van der Waals surface area contributed by atoms with Crippen molar-refractivity contribution in [3.05, 3.63) is 65.7 Å². The number of halogens is 3. The highest BCUT2D eigenvalue weighted by atomic mass is 32.2. The molecule has 6 nitrogen and oxygen atoms in total. The average Bonchev–Trinajstić information content (AvgIpc) is 3.58. The van der Waals surface area contributed by atoms with Gasteiger partial charge in [-0.2, -0.15) is 17.5 Å². The van der Waals surface area contributed by atoms with Crippen LogP contribution >= 0.6 is 0 Å². The van der Waals surface area contributed by atoms with Crippen LogP contribution in [0, 0.1) is 0 Å². The van der Waals surface area contributed by atoms with Crippen LogP contribution in [0.2, 0.25) is 0 Å². The molecule has 172 valence electrons. The Bertz CT molecular complexity index is 1060. The first-order chi connectivity index (χ1) is 15.2. The maximum absolute atomic E-state index is 13.4. The van der Waals surface area contributed by atoms with Crippen molar-refractivity contribution in [1.29, 1.82) is 0 Å². The maximum Gasteiger partial charge on any atom is 0.417 e. The lowest BCUT2D eigenvalue weighted by Crippen LogP contribution is -2.52. The predicted octanol–water partition coefficient (Wildman–Crippen LogP) is 3.03. The maximum atomic E-state index is 13.4. The van der Waals surface area contributed by atoms with Gasteiger partial charge in [-0.3, -0.25) is 9.69 Å². The zero-order valence-corrected chi connectivity index (χ0v) is 18.1. The van der Waals surface area contributed by atoms with Crippen molar-refractivity contribution in [2.45, 2.75) is 36.0 Å². The van der Waals surface area contributed by atoms with E-state index in [1.807, 2.05) is 35.2 Å². The number of nitrogens with zero attached hydrogens (tertiary/aromatic N) is 2. The smallest absolute Gasteiger partial charge is 0.352 e. The van der Waals surface area contributed by atoms with E-state index in [2.05, 4.69) is 5.32 Å². The lowest BCUT2D eigenvalue weighted by molar-refractivity contribution is -0.140. The van der Waals surface area contributed by atoms with Crippen molar-refractivity contribution in [2.24, 2.45) is 0 Å². The Hall–Kier alpha value is -2.43. The van der Waals surface area contributed by atoms with Crippen LogP contribution < -0.4 is 5.32 Å². The second-order valence-corrected chi connectivity index (χ2v) is 9.94. The summed E-state index contributed by atoms with van der Waals surface area (Å²) in [5, 5.41) is 3.00. The molecule has 0 radical (unpaired) electrons.